The fraction of sp³-hybridized carbons (Fsp3) is 0.778. The number of anilines is 1. The van der Waals surface area contributed by atoms with Gasteiger partial charge in [0, 0.05) is 19.1 Å². The van der Waals surface area contributed by atoms with E-state index in [1.54, 1.807) is 0 Å². The lowest BCUT2D eigenvalue weighted by Gasteiger charge is -2.33. The molecule has 2 atom stereocenters. The van der Waals surface area contributed by atoms with E-state index in [1.165, 1.54) is 6.92 Å². The van der Waals surface area contributed by atoms with Gasteiger partial charge in [0.05, 0.1) is 6.10 Å². The molecule has 0 saturated carbocycles. The average molecular weight is 260 g/mol. The van der Waals surface area contributed by atoms with Crippen LogP contribution in [0, 0.1) is 0 Å². The number of nitrogens with two attached hydrogens (primary N) is 1. The summed E-state index contributed by atoms with van der Waals surface area (Å²) in [6, 6.07) is -0.209. The number of piperidine rings is 1. The Labute approximate surface area is 103 Å². The summed E-state index contributed by atoms with van der Waals surface area (Å²) < 4.78 is 0. The van der Waals surface area contributed by atoms with Crippen LogP contribution in [0.1, 0.15) is 18.4 Å². The number of aliphatic hydroxyl groups excluding tert-OH is 1. The van der Waals surface area contributed by atoms with E-state index in [0.717, 1.165) is 11.3 Å². The maximum absolute atomic E-state index is 9.67. The van der Waals surface area contributed by atoms with E-state index in [0.29, 0.717) is 24.6 Å². The molecule has 0 aliphatic carbocycles. The Hall–Kier alpha value is -0.800. The quantitative estimate of drug-likeness (QED) is 0.483. The molecule has 1 saturated heterocycles. The van der Waals surface area contributed by atoms with Crippen LogP contribution in [0.25, 0.3) is 0 Å². The van der Waals surface area contributed by atoms with E-state index in [9.17, 15) is 15.3 Å². The van der Waals surface area contributed by atoms with E-state index in [1.807, 2.05) is 4.90 Å². The highest BCUT2D eigenvalue weighted by Crippen LogP contribution is 2.28. The zero-order valence-corrected chi connectivity index (χ0v) is 10.3. The number of aromatic nitrogens is 2. The van der Waals surface area contributed by atoms with Crippen molar-refractivity contribution >= 4 is 16.5 Å². The van der Waals surface area contributed by atoms with Crippen LogP contribution < -0.4 is 10.6 Å². The highest BCUT2D eigenvalue weighted by molar-refractivity contribution is 7.15. The Morgan fingerprint density at radius 3 is 2.71 bits per heavy atom. The molecule has 1 aromatic rings. The molecule has 1 aliphatic heterocycles. The van der Waals surface area contributed by atoms with Crippen molar-refractivity contribution in [2.45, 2.75) is 31.3 Å². The third-order valence-electron chi connectivity index (χ3n) is 2.72. The van der Waals surface area contributed by atoms with Gasteiger partial charge in [-0.15, -0.1) is 10.2 Å². The van der Waals surface area contributed by atoms with Gasteiger partial charge in [0.15, 0.2) is 5.01 Å². The standard InChI is InChI=1S/C9H16N4O3S/c1-9(15,16)7-11-12-8(17-7)13-3-2-5(10)6(14)4-13/h5-6,14-16H,2-4,10H2,1H3. The molecule has 1 fully saturated rings. The first-order valence-electron chi connectivity index (χ1n) is 5.35. The third-order valence-corrected chi connectivity index (χ3v) is 3.91. The summed E-state index contributed by atoms with van der Waals surface area (Å²) in [4.78, 5) is 1.85. The smallest absolute Gasteiger partial charge is 0.216 e. The normalized spacial score (nSPS) is 26.3. The summed E-state index contributed by atoms with van der Waals surface area (Å²) >= 11 is 1.10. The van der Waals surface area contributed by atoms with E-state index in [2.05, 4.69) is 10.2 Å². The number of β-amino-alcohol motifs (C(OH)–C–C–N with tert-alkyl or cyclic N) is 1. The monoisotopic (exact) mass is 260 g/mol. The molecular weight excluding hydrogens is 244 g/mol. The van der Waals surface area contributed by atoms with Crippen molar-refractivity contribution in [2.24, 2.45) is 5.73 Å². The molecule has 0 bridgehead atoms. The first kappa shape index (κ1) is 12.7. The number of hydrogen-bond acceptors (Lipinski definition) is 8. The number of nitrogens with zero attached hydrogens (tertiary/aromatic N) is 3. The maximum atomic E-state index is 9.67. The fourth-order valence-electron chi connectivity index (χ4n) is 1.66. The summed E-state index contributed by atoms with van der Waals surface area (Å²) in [5.41, 5.74) is 5.70. The second-order valence-electron chi connectivity index (χ2n) is 4.38. The van der Waals surface area contributed by atoms with Gasteiger partial charge >= 0.3 is 0 Å². The molecule has 5 N–H and O–H groups in total. The summed E-state index contributed by atoms with van der Waals surface area (Å²) in [5, 5.41) is 36.7. The van der Waals surface area contributed by atoms with Crippen molar-refractivity contribution in [1.82, 2.24) is 10.2 Å². The highest BCUT2D eigenvalue weighted by atomic mass is 32.1. The van der Waals surface area contributed by atoms with Crippen molar-refractivity contribution in [3.63, 3.8) is 0 Å². The van der Waals surface area contributed by atoms with Gasteiger partial charge in [0.1, 0.15) is 0 Å². The molecule has 0 spiro atoms. The minimum Gasteiger partial charge on any atom is -0.390 e. The molecule has 0 amide bonds. The first-order chi connectivity index (χ1) is 7.88. The van der Waals surface area contributed by atoms with Gasteiger partial charge in [0.2, 0.25) is 10.9 Å². The topological polar surface area (TPSA) is 116 Å². The lowest BCUT2D eigenvalue weighted by atomic mass is 10.0. The highest BCUT2D eigenvalue weighted by Gasteiger charge is 2.29. The fourth-order valence-corrected chi connectivity index (χ4v) is 2.48. The van der Waals surface area contributed by atoms with Crippen LogP contribution in [0.4, 0.5) is 5.13 Å². The van der Waals surface area contributed by atoms with Crippen molar-refractivity contribution in [3.05, 3.63) is 5.01 Å². The molecule has 7 nitrogen and oxygen atoms in total. The number of aliphatic hydroxyl groups is 3. The summed E-state index contributed by atoms with van der Waals surface area (Å²) in [5.74, 6) is -1.97. The molecule has 2 heterocycles. The molecule has 0 radical (unpaired) electrons. The van der Waals surface area contributed by atoms with E-state index < -0.39 is 11.9 Å². The average Bonchev–Trinajstić information content (AvgIpc) is 2.70. The van der Waals surface area contributed by atoms with Crippen LogP contribution in [0.2, 0.25) is 0 Å². The van der Waals surface area contributed by atoms with Gasteiger partial charge in [-0.05, 0) is 13.3 Å². The van der Waals surface area contributed by atoms with Crippen LogP contribution in [-0.2, 0) is 5.79 Å². The Balaban J connectivity index is 2.11. The van der Waals surface area contributed by atoms with Gasteiger partial charge in [-0.3, -0.25) is 0 Å². The third kappa shape index (κ3) is 2.72. The Kier molecular flexibility index (Phi) is 3.32. The zero-order valence-electron chi connectivity index (χ0n) is 9.44. The molecule has 96 valence electrons. The summed E-state index contributed by atoms with van der Waals surface area (Å²) in [7, 11) is 0. The molecule has 0 aromatic carbocycles. The SMILES string of the molecule is CC(O)(O)c1nnc(N2CCC(N)C(O)C2)s1. The lowest BCUT2D eigenvalue weighted by molar-refractivity contribution is -0.153. The van der Waals surface area contributed by atoms with Gasteiger partial charge in [-0.25, -0.2) is 0 Å². The van der Waals surface area contributed by atoms with Crippen molar-refractivity contribution in [1.29, 1.82) is 0 Å². The van der Waals surface area contributed by atoms with Crippen molar-refractivity contribution in [3.8, 4) is 0 Å². The second kappa shape index (κ2) is 4.46. The second-order valence-corrected chi connectivity index (χ2v) is 5.33. The minimum absolute atomic E-state index is 0.136. The largest absolute Gasteiger partial charge is 0.390 e. The Bertz CT molecular complexity index is 392. The van der Waals surface area contributed by atoms with Crippen molar-refractivity contribution in [2.75, 3.05) is 18.0 Å². The van der Waals surface area contributed by atoms with E-state index >= 15 is 0 Å². The molecule has 17 heavy (non-hydrogen) atoms. The van der Waals surface area contributed by atoms with Crippen LogP contribution >= 0.6 is 11.3 Å². The van der Waals surface area contributed by atoms with Gasteiger partial charge in [-0.2, -0.15) is 0 Å². The Morgan fingerprint density at radius 2 is 2.18 bits per heavy atom. The van der Waals surface area contributed by atoms with Gasteiger partial charge in [0.25, 0.3) is 0 Å². The number of hydrogen-bond donors (Lipinski definition) is 4. The molecule has 2 rings (SSSR count). The van der Waals surface area contributed by atoms with Crippen molar-refractivity contribution < 1.29 is 15.3 Å². The van der Waals surface area contributed by atoms with Crippen LogP contribution in [0.3, 0.4) is 0 Å². The van der Waals surface area contributed by atoms with E-state index in [4.69, 9.17) is 5.73 Å². The van der Waals surface area contributed by atoms with Gasteiger partial charge in [-0.1, -0.05) is 11.3 Å². The zero-order chi connectivity index (χ0) is 12.6. The molecule has 1 aromatic heterocycles. The summed E-state index contributed by atoms with van der Waals surface area (Å²) in [6.45, 7) is 2.31. The lowest BCUT2D eigenvalue weighted by Crippen LogP contribution is -2.50. The van der Waals surface area contributed by atoms with Gasteiger partial charge < -0.3 is 26.0 Å². The number of rotatable bonds is 2. The van der Waals surface area contributed by atoms with Crippen LogP contribution in [-0.4, -0.2) is 50.8 Å². The minimum atomic E-state index is -1.97. The molecule has 1 aliphatic rings. The Morgan fingerprint density at radius 1 is 1.47 bits per heavy atom. The predicted octanol–water partition coefficient (Wildman–Crippen LogP) is -1.41. The summed E-state index contributed by atoms with van der Waals surface area (Å²) in [6.07, 6.45) is 0.0803. The predicted molar refractivity (Wildman–Crippen MR) is 62.5 cm³/mol. The van der Waals surface area contributed by atoms with Crippen LogP contribution in [0.5, 0.6) is 0 Å². The van der Waals surface area contributed by atoms with E-state index in [-0.39, 0.29) is 11.0 Å². The maximum Gasteiger partial charge on any atom is 0.216 e. The molecule has 2 unspecified atom stereocenters. The van der Waals surface area contributed by atoms with Crippen LogP contribution in [0.15, 0.2) is 0 Å². The first-order valence-corrected chi connectivity index (χ1v) is 6.17. The molecule has 8 heteroatoms. The molecular formula is C9H16N4O3S.